The van der Waals surface area contributed by atoms with Gasteiger partial charge >= 0.3 is 0 Å². The van der Waals surface area contributed by atoms with Crippen molar-refractivity contribution in [2.45, 2.75) is 0 Å². The van der Waals surface area contributed by atoms with Crippen LogP contribution in [0.15, 0.2) is 30.9 Å². The van der Waals surface area contributed by atoms with Crippen LogP contribution in [-0.2, 0) is 0 Å². The Morgan fingerprint density at radius 1 is 1.12 bits per heavy atom. The van der Waals surface area contributed by atoms with Crippen molar-refractivity contribution in [1.82, 2.24) is 24.7 Å². The molecule has 0 bridgehead atoms. The average Bonchev–Trinajstić information content (AvgIpc) is 2.75. The maximum atomic E-state index is 6.06. The van der Waals surface area contributed by atoms with Crippen molar-refractivity contribution in [2.24, 2.45) is 0 Å². The van der Waals surface area contributed by atoms with Gasteiger partial charge in [-0.25, -0.2) is 15.0 Å². The van der Waals surface area contributed by atoms with Crippen molar-refractivity contribution in [1.29, 1.82) is 0 Å². The smallest absolute Gasteiger partial charge is 0.174 e. The highest BCUT2D eigenvalue weighted by molar-refractivity contribution is 6.34. The molecule has 0 fully saturated rings. The van der Waals surface area contributed by atoms with Gasteiger partial charge in [0, 0.05) is 6.20 Å². The van der Waals surface area contributed by atoms with Gasteiger partial charge in [0.05, 0.1) is 16.6 Å². The number of halogens is 2. The van der Waals surface area contributed by atoms with Crippen LogP contribution in [0.1, 0.15) is 0 Å². The molecule has 3 aromatic heterocycles. The first-order chi connectivity index (χ1) is 8.27. The van der Waals surface area contributed by atoms with Crippen molar-refractivity contribution in [2.75, 3.05) is 0 Å². The summed E-state index contributed by atoms with van der Waals surface area (Å²) >= 11 is 12.0. The number of hydrogen-bond donors (Lipinski definition) is 0. The zero-order valence-corrected chi connectivity index (χ0v) is 9.89. The average molecular weight is 266 g/mol. The number of hydrogen-bond acceptors (Lipinski definition) is 4. The van der Waals surface area contributed by atoms with E-state index in [1.165, 1.54) is 11.0 Å². The molecule has 0 atom stereocenters. The lowest BCUT2D eigenvalue weighted by Crippen LogP contribution is -2.01. The molecule has 5 nitrogen and oxygen atoms in total. The van der Waals surface area contributed by atoms with Gasteiger partial charge < -0.3 is 0 Å². The third kappa shape index (κ3) is 1.64. The van der Waals surface area contributed by atoms with E-state index in [-0.39, 0.29) is 0 Å². The molecule has 0 aliphatic carbocycles. The van der Waals surface area contributed by atoms with Gasteiger partial charge in [0.25, 0.3) is 0 Å². The van der Waals surface area contributed by atoms with Crippen molar-refractivity contribution in [3.63, 3.8) is 0 Å². The van der Waals surface area contributed by atoms with E-state index in [9.17, 15) is 0 Å². The Kier molecular flexibility index (Phi) is 2.42. The fraction of sp³-hybridized carbons (Fsp3) is 0. The fourth-order valence-corrected chi connectivity index (χ4v) is 1.88. The summed E-state index contributed by atoms with van der Waals surface area (Å²) in [5.41, 5.74) is 0.575. The van der Waals surface area contributed by atoms with Crippen LogP contribution in [0.4, 0.5) is 0 Å². The summed E-state index contributed by atoms with van der Waals surface area (Å²) in [6.07, 6.45) is 4.60. The maximum Gasteiger partial charge on any atom is 0.174 e. The van der Waals surface area contributed by atoms with Gasteiger partial charge in [-0.15, -0.1) is 0 Å². The topological polar surface area (TPSA) is 56.5 Å². The Bertz CT molecular complexity index is 694. The third-order valence-electron chi connectivity index (χ3n) is 2.26. The normalized spacial score (nSPS) is 10.9. The van der Waals surface area contributed by atoms with Crippen LogP contribution < -0.4 is 0 Å². The highest BCUT2D eigenvalue weighted by Crippen LogP contribution is 2.23. The molecule has 0 saturated heterocycles. The standard InChI is InChI=1S/C10H5Cl2N5/c11-7-2-1-3-13-10(7)17-9-6(4-16-17)8(12)14-5-15-9/h1-5H. The molecule has 0 aliphatic heterocycles. The van der Waals surface area contributed by atoms with E-state index < -0.39 is 0 Å². The summed E-state index contributed by atoms with van der Waals surface area (Å²) in [4.78, 5) is 12.2. The molecular weight excluding hydrogens is 261 g/mol. The minimum atomic E-state index is 0.355. The summed E-state index contributed by atoms with van der Waals surface area (Å²) in [6, 6.07) is 3.49. The van der Waals surface area contributed by atoms with Gasteiger partial charge in [0.1, 0.15) is 11.5 Å². The Balaban J connectivity index is 2.33. The number of aromatic nitrogens is 5. The zero-order chi connectivity index (χ0) is 11.8. The van der Waals surface area contributed by atoms with Crippen molar-refractivity contribution < 1.29 is 0 Å². The zero-order valence-electron chi connectivity index (χ0n) is 8.38. The first-order valence-corrected chi connectivity index (χ1v) is 5.48. The molecule has 3 rings (SSSR count). The quantitative estimate of drug-likeness (QED) is 0.635. The number of nitrogens with zero attached hydrogens (tertiary/aromatic N) is 5. The monoisotopic (exact) mass is 265 g/mol. The van der Waals surface area contributed by atoms with Crippen molar-refractivity contribution >= 4 is 34.2 Å². The summed E-state index contributed by atoms with van der Waals surface area (Å²) in [5, 5.41) is 5.68. The van der Waals surface area contributed by atoms with E-state index in [2.05, 4.69) is 20.1 Å². The van der Waals surface area contributed by atoms with E-state index in [0.29, 0.717) is 27.0 Å². The SMILES string of the molecule is Clc1cccnc1-n1ncc2c(Cl)ncnc21. The third-order valence-corrected chi connectivity index (χ3v) is 2.85. The highest BCUT2D eigenvalue weighted by atomic mass is 35.5. The molecule has 0 radical (unpaired) electrons. The first kappa shape index (κ1) is 10.4. The maximum absolute atomic E-state index is 6.06. The summed E-state index contributed by atoms with van der Waals surface area (Å²) in [7, 11) is 0. The van der Waals surface area contributed by atoms with Crippen LogP contribution in [-0.4, -0.2) is 24.7 Å². The lowest BCUT2D eigenvalue weighted by Gasteiger charge is -2.03. The Hall–Kier alpha value is -1.72. The number of pyridine rings is 1. The largest absolute Gasteiger partial charge is 0.236 e. The van der Waals surface area contributed by atoms with Crippen molar-refractivity contribution in [3.8, 4) is 5.82 Å². The molecule has 3 aromatic rings. The van der Waals surface area contributed by atoms with Crippen LogP contribution in [0.2, 0.25) is 10.2 Å². The van der Waals surface area contributed by atoms with Gasteiger partial charge in [0.2, 0.25) is 0 Å². The van der Waals surface area contributed by atoms with E-state index in [4.69, 9.17) is 23.2 Å². The predicted octanol–water partition coefficient (Wildman–Crippen LogP) is 2.52. The molecule has 0 aliphatic rings. The molecule has 3 heterocycles. The minimum Gasteiger partial charge on any atom is -0.236 e. The molecule has 0 spiro atoms. The molecule has 0 amide bonds. The second-order valence-electron chi connectivity index (χ2n) is 3.27. The molecule has 0 N–H and O–H groups in total. The summed E-state index contributed by atoms with van der Waals surface area (Å²) in [6.45, 7) is 0. The van der Waals surface area contributed by atoms with Crippen LogP contribution in [0.5, 0.6) is 0 Å². The van der Waals surface area contributed by atoms with E-state index in [0.717, 1.165) is 0 Å². The number of fused-ring (bicyclic) bond motifs is 1. The first-order valence-electron chi connectivity index (χ1n) is 4.72. The molecule has 0 unspecified atom stereocenters. The molecule has 17 heavy (non-hydrogen) atoms. The van der Waals surface area contributed by atoms with Crippen LogP contribution in [0.3, 0.4) is 0 Å². The van der Waals surface area contributed by atoms with Gasteiger partial charge in [-0.05, 0) is 12.1 Å². The van der Waals surface area contributed by atoms with Gasteiger partial charge in [-0.2, -0.15) is 9.78 Å². The van der Waals surface area contributed by atoms with Gasteiger partial charge in [-0.3, -0.25) is 0 Å². The van der Waals surface area contributed by atoms with Crippen molar-refractivity contribution in [3.05, 3.63) is 41.0 Å². The summed E-state index contributed by atoms with van der Waals surface area (Å²) < 4.78 is 1.53. The molecule has 7 heteroatoms. The van der Waals surface area contributed by atoms with Crippen LogP contribution in [0, 0.1) is 0 Å². The Morgan fingerprint density at radius 3 is 2.82 bits per heavy atom. The molecule has 0 aromatic carbocycles. The fourth-order valence-electron chi connectivity index (χ4n) is 1.50. The van der Waals surface area contributed by atoms with Gasteiger partial charge in [0.15, 0.2) is 11.5 Å². The van der Waals surface area contributed by atoms with E-state index >= 15 is 0 Å². The predicted molar refractivity (Wildman–Crippen MR) is 64.5 cm³/mol. The van der Waals surface area contributed by atoms with Crippen LogP contribution >= 0.6 is 23.2 Å². The molecule has 0 saturated carbocycles. The van der Waals surface area contributed by atoms with Crippen LogP contribution in [0.25, 0.3) is 16.9 Å². The number of rotatable bonds is 1. The lowest BCUT2D eigenvalue weighted by atomic mass is 10.4. The molecular formula is C10H5Cl2N5. The van der Waals surface area contributed by atoms with E-state index in [1.54, 1.807) is 24.5 Å². The Morgan fingerprint density at radius 2 is 2.00 bits per heavy atom. The molecule has 84 valence electrons. The highest BCUT2D eigenvalue weighted by Gasteiger charge is 2.12. The second kappa shape index (κ2) is 3.94. The second-order valence-corrected chi connectivity index (χ2v) is 4.03. The summed E-state index contributed by atoms with van der Waals surface area (Å²) in [5.74, 6) is 0.513. The lowest BCUT2D eigenvalue weighted by molar-refractivity contribution is 0.862. The van der Waals surface area contributed by atoms with Gasteiger partial charge in [-0.1, -0.05) is 23.2 Å². The van der Waals surface area contributed by atoms with E-state index in [1.807, 2.05) is 0 Å². The Labute approximate surface area is 106 Å². The minimum absolute atomic E-state index is 0.355.